The highest BCUT2D eigenvalue weighted by Gasteiger charge is 2.20. The fourth-order valence-corrected chi connectivity index (χ4v) is 7.58. The SMILES string of the molecule is CCC.CCCCCCC(=O)Oc1cc(OC(=O)CCCCCC)c(C)c(OC(=O)CCCCCC)c1.CCCCCCCC(=O)Oc1cc(OC(=O)CCCCCCC)c(C)c(OC(=O)CCCCCCC)c1. The number of benzene rings is 2. The third-order valence-corrected chi connectivity index (χ3v) is 12.1. The number of carbonyl (C=O) groups is 6. The van der Waals surface area contributed by atoms with Crippen molar-refractivity contribution in [3.8, 4) is 34.5 Å². The van der Waals surface area contributed by atoms with Crippen LogP contribution in [0, 0.1) is 13.8 Å². The number of rotatable bonds is 39. The Hall–Kier alpha value is -4.74. The summed E-state index contributed by atoms with van der Waals surface area (Å²) >= 11 is 0. The third kappa shape index (κ3) is 36.2. The van der Waals surface area contributed by atoms with E-state index in [9.17, 15) is 28.8 Å². The van der Waals surface area contributed by atoms with E-state index in [0.717, 1.165) is 173 Å². The maximum Gasteiger partial charge on any atom is 0.311 e. The number of hydrogen-bond acceptors (Lipinski definition) is 12. The fraction of sp³-hybridized carbons (Fsp3) is 0.710. The van der Waals surface area contributed by atoms with Crippen LogP contribution < -0.4 is 28.4 Å². The molecule has 74 heavy (non-hydrogen) atoms. The molecule has 12 nitrogen and oxygen atoms in total. The van der Waals surface area contributed by atoms with Gasteiger partial charge in [0, 0.05) is 73.9 Å². The molecule has 0 aliphatic carbocycles. The minimum absolute atomic E-state index is 0.216. The van der Waals surface area contributed by atoms with Gasteiger partial charge in [0.15, 0.2) is 0 Å². The van der Waals surface area contributed by atoms with Crippen LogP contribution in [-0.2, 0) is 28.8 Å². The lowest BCUT2D eigenvalue weighted by atomic mass is 10.1. The van der Waals surface area contributed by atoms with E-state index in [-0.39, 0.29) is 70.3 Å². The van der Waals surface area contributed by atoms with E-state index >= 15 is 0 Å². The van der Waals surface area contributed by atoms with Gasteiger partial charge in [-0.2, -0.15) is 0 Å². The Balaban J connectivity index is 0.00000137. The standard InChI is InChI=1S/C31H50O6.C28H44O6.C3H8/c1-5-8-11-14-17-20-29(32)35-26-23-27(36-30(33)21-18-15-12-9-6-2)25(4)28(24-26)37-31(34)22-19-16-13-10-7-3;1-5-8-11-14-17-26(29)32-23-20-24(33-27(30)18-15-12-9-6-2)22(4)25(21-23)34-28(31)19-16-13-10-7-3;1-3-2/h23-24H,5-22H2,1-4H3;20-21H,5-19H2,1-4H3;3H2,1-2H3. The van der Waals surface area contributed by atoms with E-state index in [0.29, 0.717) is 49.7 Å². The molecular weight excluding hydrogens is 937 g/mol. The molecular formula is C62H102O12. The second kappa shape index (κ2) is 46.8. The Morgan fingerprint density at radius 1 is 0.270 bits per heavy atom. The smallest absolute Gasteiger partial charge is 0.311 e. The van der Waals surface area contributed by atoms with Crippen LogP contribution in [0.4, 0.5) is 0 Å². The van der Waals surface area contributed by atoms with Gasteiger partial charge in [0.25, 0.3) is 0 Å². The second-order valence-electron chi connectivity index (χ2n) is 19.6. The molecule has 0 radical (unpaired) electrons. The van der Waals surface area contributed by atoms with E-state index in [1.807, 2.05) is 0 Å². The molecule has 2 aromatic rings. The molecule has 0 heterocycles. The summed E-state index contributed by atoms with van der Waals surface area (Å²) < 4.78 is 33.4. The molecule has 422 valence electrons. The van der Waals surface area contributed by atoms with Crippen molar-refractivity contribution >= 4 is 35.8 Å². The van der Waals surface area contributed by atoms with Crippen molar-refractivity contribution in [2.24, 2.45) is 0 Å². The summed E-state index contributed by atoms with van der Waals surface area (Å²) in [4.78, 5) is 74.4. The summed E-state index contributed by atoms with van der Waals surface area (Å²) in [6, 6.07) is 6.15. The fourth-order valence-electron chi connectivity index (χ4n) is 7.58. The molecule has 0 saturated heterocycles. The van der Waals surface area contributed by atoms with Crippen molar-refractivity contribution in [2.75, 3.05) is 0 Å². The minimum Gasteiger partial charge on any atom is -0.426 e. The van der Waals surface area contributed by atoms with Crippen LogP contribution in [0.15, 0.2) is 24.3 Å². The first-order chi connectivity index (χ1) is 35.7. The monoisotopic (exact) mass is 1040 g/mol. The molecule has 0 aliphatic heterocycles. The Morgan fingerprint density at radius 3 is 0.622 bits per heavy atom. The molecule has 0 unspecified atom stereocenters. The normalized spacial score (nSPS) is 10.6. The molecule has 2 aromatic carbocycles. The second-order valence-corrected chi connectivity index (χ2v) is 19.6. The molecule has 0 fully saturated rings. The van der Waals surface area contributed by atoms with Gasteiger partial charge in [0.1, 0.15) is 34.5 Å². The highest BCUT2D eigenvalue weighted by atomic mass is 16.6. The third-order valence-electron chi connectivity index (χ3n) is 12.1. The molecule has 12 heteroatoms. The highest BCUT2D eigenvalue weighted by molar-refractivity contribution is 5.78. The Labute approximate surface area is 448 Å². The van der Waals surface area contributed by atoms with E-state index in [2.05, 4.69) is 55.4 Å². The molecule has 0 saturated carbocycles. The van der Waals surface area contributed by atoms with Crippen molar-refractivity contribution in [2.45, 2.75) is 288 Å². The predicted octanol–water partition coefficient (Wildman–Crippen LogP) is 17.8. The summed E-state index contributed by atoms with van der Waals surface area (Å²) in [7, 11) is 0. The van der Waals surface area contributed by atoms with Crippen LogP contribution in [-0.4, -0.2) is 35.8 Å². The quantitative estimate of drug-likeness (QED) is 0.0355. The molecule has 0 amide bonds. The van der Waals surface area contributed by atoms with E-state index in [1.165, 1.54) is 18.6 Å². The lowest BCUT2D eigenvalue weighted by Crippen LogP contribution is -2.13. The van der Waals surface area contributed by atoms with Crippen LogP contribution in [0.2, 0.25) is 0 Å². The lowest BCUT2D eigenvalue weighted by molar-refractivity contribution is -0.136. The molecule has 2 rings (SSSR count). The zero-order valence-corrected chi connectivity index (χ0v) is 48.3. The van der Waals surface area contributed by atoms with Crippen LogP contribution in [0.3, 0.4) is 0 Å². The van der Waals surface area contributed by atoms with Gasteiger partial charge >= 0.3 is 35.8 Å². The van der Waals surface area contributed by atoms with Gasteiger partial charge in [0.05, 0.1) is 0 Å². The Bertz CT molecular complexity index is 1740. The lowest BCUT2D eigenvalue weighted by Gasteiger charge is -2.15. The predicted molar refractivity (Wildman–Crippen MR) is 299 cm³/mol. The van der Waals surface area contributed by atoms with Crippen molar-refractivity contribution in [1.29, 1.82) is 0 Å². The highest BCUT2D eigenvalue weighted by Crippen LogP contribution is 2.36. The Kier molecular flexibility index (Phi) is 43.8. The van der Waals surface area contributed by atoms with Gasteiger partial charge in [-0.15, -0.1) is 0 Å². The number of unbranched alkanes of at least 4 members (excludes halogenated alkanes) is 21. The molecule has 0 atom stereocenters. The minimum atomic E-state index is -0.353. The summed E-state index contributed by atoms with van der Waals surface area (Å²) in [5, 5.41) is 0. The molecule has 0 spiro atoms. The average Bonchev–Trinajstić information content (AvgIpc) is 3.36. The maximum absolute atomic E-state index is 12.5. The molecule has 0 aliphatic rings. The first-order valence-electron chi connectivity index (χ1n) is 29.3. The van der Waals surface area contributed by atoms with Gasteiger partial charge in [-0.1, -0.05) is 197 Å². The van der Waals surface area contributed by atoms with Crippen molar-refractivity contribution in [1.82, 2.24) is 0 Å². The number of esters is 6. The van der Waals surface area contributed by atoms with Crippen LogP contribution >= 0.6 is 0 Å². The maximum atomic E-state index is 12.5. The van der Waals surface area contributed by atoms with Crippen LogP contribution in [0.5, 0.6) is 34.5 Å². The Morgan fingerprint density at radius 2 is 0.432 bits per heavy atom. The topological polar surface area (TPSA) is 158 Å². The van der Waals surface area contributed by atoms with Crippen molar-refractivity contribution < 1.29 is 57.2 Å². The van der Waals surface area contributed by atoms with Crippen LogP contribution in [0.25, 0.3) is 0 Å². The van der Waals surface area contributed by atoms with Gasteiger partial charge in [0.2, 0.25) is 0 Å². The molecule has 0 N–H and O–H groups in total. The van der Waals surface area contributed by atoms with Crippen LogP contribution in [0.1, 0.15) is 285 Å². The zero-order valence-electron chi connectivity index (χ0n) is 48.3. The summed E-state index contributed by atoms with van der Waals surface area (Å²) in [6.07, 6.45) is 30.3. The molecule has 0 bridgehead atoms. The number of hydrogen-bond donors (Lipinski definition) is 0. The first kappa shape index (κ1) is 69.3. The van der Waals surface area contributed by atoms with Gasteiger partial charge in [-0.05, 0) is 52.4 Å². The zero-order chi connectivity index (χ0) is 55.2. The summed E-state index contributed by atoms with van der Waals surface area (Å²) in [5.41, 5.74) is 1.07. The van der Waals surface area contributed by atoms with Crippen molar-refractivity contribution in [3.05, 3.63) is 35.4 Å². The average molecular weight is 1040 g/mol. The summed E-state index contributed by atoms with van der Waals surface area (Å²) in [6.45, 7) is 20.5. The van der Waals surface area contributed by atoms with Gasteiger partial charge in [-0.3, -0.25) is 28.8 Å². The first-order valence-corrected chi connectivity index (χ1v) is 29.3. The van der Waals surface area contributed by atoms with Crippen molar-refractivity contribution in [3.63, 3.8) is 0 Å². The van der Waals surface area contributed by atoms with E-state index < -0.39 is 0 Å². The van der Waals surface area contributed by atoms with Gasteiger partial charge < -0.3 is 28.4 Å². The van der Waals surface area contributed by atoms with E-state index in [4.69, 9.17) is 28.4 Å². The van der Waals surface area contributed by atoms with E-state index in [1.54, 1.807) is 26.0 Å². The van der Waals surface area contributed by atoms with Gasteiger partial charge in [-0.25, -0.2) is 0 Å². The largest absolute Gasteiger partial charge is 0.426 e. The number of ether oxygens (including phenoxy) is 6. The molecule has 0 aromatic heterocycles. The summed E-state index contributed by atoms with van der Waals surface area (Å²) in [5.74, 6) is -0.603. The number of carbonyl (C=O) groups excluding carboxylic acids is 6.